The summed E-state index contributed by atoms with van der Waals surface area (Å²) in [4.78, 5) is 4.27. The van der Waals surface area contributed by atoms with Crippen LogP contribution in [0.3, 0.4) is 0 Å². The van der Waals surface area contributed by atoms with Gasteiger partial charge in [0.2, 0.25) is 0 Å². The van der Waals surface area contributed by atoms with E-state index in [1.54, 1.807) is 0 Å². The molecule has 18 heavy (non-hydrogen) atoms. The first-order valence-corrected chi connectivity index (χ1v) is 6.92. The maximum Gasteiger partial charge on any atom is 0.0349 e. The highest BCUT2D eigenvalue weighted by atomic mass is 14.9. The number of hydrogen-bond donors (Lipinski definition) is 1. The molecule has 1 unspecified atom stereocenters. The van der Waals surface area contributed by atoms with Crippen LogP contribution in [0.2, 0.25) is 0 Å². The van der Waals surface area contributed by atoms with E-state index in [0.29, 0.717) is 6.04 Å². The van der Waals surface area contributed by atoms with E-state index in [1.807, 2.05) is 12.4 Å². The molecule has 0 spiro atoms. The maximum atomic E-state index is 4.27. The Labute approximate surface area is 109 Å². The molecular weight excluding hydrogens is 220 g/mol. The minimum Gasteiger partial charge on any atom is -0.310 e. The van der Waals surface area contributed by atoms with Crippen molar-refractivity contribution in [1.29, 1.82) is 0 Å². The third kappa shape index (κ3) is 2.88. The predicted octanol–water partition coefficient (Wildman–Crippen LogP) is 4.08. The molecule has 0 bridgehead atoms. The first kappa shape index (κ1) is 13.0. The molecule has 2 rings (SSSR count). The first-order valence-electron chi connectivity index (χ1n) is 6.92. The van der Waals surface area contributed by atoms with E-state index in [2.05, 4.69) is 48.4 Å². The SMILES string of the molecule is CCCNC(CCC)c1cccc2ccncc12. The van der Waals surface area contributed by atoms with Crippen LogP contribution in [0.25, 0.3) is 10.8 Å². The van der Waals surface area contributed by atoms with Crippen molar-refractivity contribution in [3.8, 4) is 0 Å². The fourth-order valence-electron chi connectivity index (χ4n) is 2.42. The molecule has 0 saturated heterocycles. The topological polar surface area (TPSA) is 24.9 Å². The van der Waals surface area contributed by atoms with Crippen LogP contribution in [0.4, 0.5) is 0 Å². The van der Waals surface area contributed by atoms with Crippen molar-refractivity contribution >= 4 is 10.8 Å². The molecule has 0 radical (unpaired) electrons. The third-order valence-electron chi connectivity index (χ3n) is 3.31. The molecule has 1 N–H and O–H groups in total. The lowest BCUT2D eigenvalue weighted by atomic mass is 9.97. The quantitative estimate of drug-likeness (QED) is 0.825. The van der Waals surface area contributed by atoms with Crippen molar-refractivity contribution in [3.05, 3.63) is 42.2 Å². The number of hydrogen-bond acceptors (Lipinski definition) is 2. The monoisotopic (exact) mass is 242 g/mol. The Morgan fingerprint density at radius 2 is 2.06 bits per heavy atom. The Hall–Kier alpha value is -1.41. The van der Waals surface area contributed by atoms with E-state index in [1.165, 1.54) is 35.6 Å². The van der Waals surface area contributed by atoms with E-state index in [4.69, 9.17) is 0 Å². The molecule has 1 aromatic carbocycles. The third-order valence-corrected chi connectivity index (χ3v) is 3.31. The van der Waals surface area contributed by atoms with Gasteiger partial charge in [-0.2, -0.15) is 0 Å². The lowest BCUT2D eigenvalue weighted by Gasteiger charge is -2.20. The molecule has 0 aliphatic heterocycles. The van der Waals surface area contributed by atoms with Crippen LogP contribution in [0.1, 0.15) is 44.7 Å². The van der Waals surface area contributed by atoms with E-state index < -0.39 is 0 Å². The molecule has 0 aliphatic carbocycles. The lowest BCUT2D eigenvalue weighted by molar-refractivity contribution is 0.497. The van der Waals surface area contributed by atoms with E-state index in [-0.39, 0.29) is 0 Å². The highest BCUT2D eigenvalue weighted by Gasteiger charge is 2.12. The second-order valence-electron chi connectivity index (χ2n) is 4.74. The summed E-state index contributed by atoms with van der Waals surface area (Å²) in [5.74, 6) is 0. The van der Waals surface area contributed by atoms with Crippen molar-refractivity contribution in [1.82, 2.24) is 10.3 Å². The smallest absolute Gasteiger partial charge is 0.0349 e. The molecule has 0 saturated carbocycles. The van der Waals surface area contributed by atoms with Gasteiger partial charge in [0.1, 0.15) is 0 Å². The largest absolute Gasteiger partial charge is 0.310 e. The molecule has 0 amide bonds. The fraction of sp³-hybridized carbons (Fsp3) is 0.438. The number of fused-ring (bicyclic) bond motifs is 1. The van der Waals surface area contributed by atoms with Gasteiger partial charge in [-0.1, -0.05) is 38.5 Å². The summed E-state index contributed by atoms with van der Waals surface area (Å²) in [7, 11) is 0. The Balaban J connectivity index is 2.36. The van der Waals surface area contributed by atoms with Crippen LogP contribution in [0.15, 0.2) is 36.7 Å². The summed E-state index contributed by atoms with van der Waals surface area (Å²) < 4.78 is 0. The Kier molecular flexibility index (Phi) is 4.71. The average Bonchev–Trinajstić information content (AvgIpc) is 2.43. The van der Waals surface area contributed by atoms with E-state index in [9.17, 15) is 0 Å². The second-order valence-corrected chi connectivity index (χ2v) is 4.74. The summed E-state index contributed by atoms with van der Waals surface area (Å²) >= 11 is 0. The van der Waals surface area contributed by atoms with Crippen LogP contribution in [0.5, 0.6) is 0 Å². The second kappa shape index (κ2) is 6.50. The number of aromatic nitrogens is 1. The van der Waals surface area contributed by atoms with Gasteiger partial charge in [0.05, 0.1) is 0 Å². The first-order chi connectivity index (χ1) is 8.86. The van der Waals surface area contributed by atoms with Crippen LogP contribution in [0, 0.1) is 0 Å². The molecule has 1 heterocycles. The molecule has 0 aliphatic rings. The summed E-state index contributed by atoms with van der Waals surface area (Å²) in [5.41, 5.74) is 1.39. The average molecular weight is 242 g/mol. The molecule has 2 aromatic rings. The van der Waals surface area contributed by atoms with Gasteiger partial charge in [0.25, 0.3) is 0 Å². The van der Waals surface area contributed by atoms with Crippen LogP contribution in [-0.4, -0.2) is 11.5 Å². The van der Waals surface area contributed by atoms with Crippen LogP contribution < -0.4 is 5.32 Å². The number of nitrogens with one attached hydrogen (secondary N) is 1. The van der Waals surface area contributed by atoms with Crippen molar-refractivity contribution in [3.63, 3.8) is 0 Å². The van der Waals surface area contributed by atoms with Gasteiger partial charge in [-0.3, -0.25) is 4.98 Å². The lowest BCUT2D eigenvalue weighted by Crippen LogP contribution is -2.22. The van der Waals surface area contributed by atoms with Crippen molar-refractivity contribution < 1.29 is 0 Å². The minimum absolute atomic E-state index is 0.447. The highest BCUT2D eigenvalue weighted by Crippen LogP contribution is 2.26. The minimum atomic E-state index is 0.447. The molecular formula is C16H22N2. The predicted molar refractivity (Wildman–Crippen MR) is 77.7 cm³/mol. The Morgan fingerprint density at radius 3 is 2.83 bits per heavy atom. The Bertz CT molecular complexity index is 488. The zero-order chi connectivity index (χ0) is 12.8. The maximum absolute atomic E-state index is 4.27. The van der Waals surface area contributed by atoms with Crippen molar-refractivity contribution in [2.24, 2.45) is 0 Å². The van der Waals surface area contributed by atoms with Gasteiger partial charge >= 0.3 is 0 Å². The summed E-state index contributed by atoms with van der Waals surface area (Å²) in [6.45, 7) is 5.52. The number of rotatable bonds is 6. The van der Waals surface area contributed by atoms with Crippen molar-refractivity contribution in [2.75, 3.05) is 6.54 Å². The highest BCUT2D eigenvalue weighted by molar-refractivity contribution is 5.85. The van der Waals surface area contributed by atoms with Gasteiger partial charge < -0.3 is 5.32 Å². The van der Waals surface area contributed by atoms with Gasteiger partial charge in [-0.15, -0.1) is 0 Å². The fourth-order valence-corrected chi connectivity index (χ4v) is 2.42. The molecule has 1 aromatic heterocycles. The Morgan fingerprint density at radius 1 is 1.17 bits per heavy atom. The van der Waals surface area contributed by atoms with Crippen LogP contribution >= 0.6 is 0 Å². The molecule has 2 nitrogen and oxygen atoms in total. The summed E-state index contributed by atoms with van der Waals surface area (Å²) in [6.07, 6.45) is 7.39. The molecule has 2 heteroatoms. The zero-order valence-electron chi connectivity index (χ0n) is 11.3. The van der Waals surface area contributed by atoms with Gasteiger partial charge in [-0.05, 0) is 36.4 Å². The van der Waals surface area contributed by atoms with E-state index >= 15 is 0 Å². The van der Waals surface area contributed by atoms with E-state index in [0.717, 1.165) is 6.54 Å². The number of nitrogens with zero attached hydrogens (tertiary/aromatic N) is 1. The summed E-state index contributed by atoms with van der Waals surface area (Å²) in [5, 5.41) is 6.21. The standard InChI is InChI=1S/C16H22N2/c1-3-6-16(18-10-4-2)14-8-5-7-13-9-11-17-12-15(13)14/h5,7-9,11-12,16,18H,3-4,6,10H2,1-2H3. The van der Waals surface area contributed by atoms with Gasteiger partial charge in [0.15, 0.2) is 0 Å². The van der Waals surface area contributed by atoms with Gasteiger partial charge in [-0.25, -0.2) is 0 Å². The molecule has 0 fully saturated rings. The zero-order valence-corrected chi connectivity index (χ0v) is 11.3. The van der Waals surface area contributed by atoms with Crippen molar-refractivity contribution in [2.45, 2.75) is 39.2 Å². The van der Waals surface area contributed by atoms with Gasteiger partial charge in [0, 0.05) is 23.8 Å². The summed E-state index contributed by atoms with van der Waals surface area (Å²) in [6, 6.07) is 9.06. The normalized spacial score (nSPS) is 12.8. The van der Waals surface area contributed by atoms with Crippen LogP contribution in [-0.2, 0) is 0 Å². The number of benzene rings is 1. The number of pyridine rings is 1. The molecule has 96 valence electrons. The molecule has 1 atom stereocenters.